The number of fused-ring (bicyclic) bond motifs is 1. The predicted molar refractivity (Wildman–Crippen MR) is 82.4 cm³/mol. The van der Waals surface area contributed by atoms with Crippen LogP contribution in [0.2, 0.25) is 5.02 Å². The molecule has 0 aliphatic carbocycles. The highest BCUT2D eigenvalue weighted by molar-refractivity contribution is 6.30. The van der Waals surface area contributed by atoms with Crippen LogP contribution in [0.25, 0.3) is 0 Å². The minimum absolute atomic E-state index is 0.250. The average molecular weight is 339 g/mol. The molecule has 9 nitrogen and oxygen atoms in total. The van der Waals surface area contributed by atoms with Crippen molar-refractivity contribution in [3.05, 3.63) is 35.1 Å². The van der Waals surface area contributed by atoms with Gasteiger partial charge in [0, 0.05) is 32.3 Å². The number of anilines is 1. The molecule has 3 rings (SSSR count). The van der Waals surface area contributed by atoms with Crippen LogP contribution in [0.4, 0.5) is 5.95 Å². The highest BCUT2D eigenvalue weighted by Gasteiger charge is 2.19. The van der Waals surface area contributed by atoms with Crippen LogP contribution in [-0.4, -0.2) is 50.1 Å². The summed E-state index contributed by atoms with van der Waals surface area (Å²) in [4.78, 5) is 34.2. The summed E-state index contributed by atoms with van der Waals surface area (Å²) in [6, 6.07) is 0. The second kappa shape index (κ2) is 7.54. The van der Waals surface area contributed by atoms with Gasteiger partial charge in [0.1, 0.15) is 11.5 Å². The summed E-state index contributed by atoms with van der Waals surface area (Å²) in [6.45, 7) is 1.93. The van der Waals surface area contributed by atoms with Gasteiger partial charge in [-0.3, -0.25) is 9.59 Å². The average Bonchev–Trinajstić information content (AvgIpc) is 2.83. The van der Waals surface area contributed by atoms with Gasteiger partial charge in [0.25, 0.3) is 12.4 Å². The van der Waals surface area contributed by atoms with Crippen molar-refractivity contribution >= 4 is 29.9 Å². The lowest BCUT2D eigenvalue weighted by Gasteiger charge is -2.19. The van der Waals surface area contributed by atoms with E-state index in [1.807, 2.05) is 4.57 Å². The molecule has 0 atom stereocenters. The number of nitrogens with two attached hydrogens (primary N) is 1. The van der Waals surface area contributed by atoms with Crippen LogP contribution in [-0.2, 0) is 17.8 Å². The Hall–Kier alpha value is -2.68. The second-order valence-corrected chi connectivity index (χ2v) is 5.08. The van der Waals surface area contributed by atoms with E-state index in [-0.39, 0.29) is 6.47 Å². The highest BCUT2D eigenvalue weighted by Crippen LogP contribution is 2.15. The highest BCUT2D eigenvalue weighted by atomic mass is 35.5. The maximum absolute atomic E-state index is 11.1. The third kappa shape index (κ3) is 4.16. The SMILES string of the molecule is NC(=O)c1cn2c(n1)CCN(c1ncc(Cl)cn1)CC2.O=CO. The molecule has 1 aliphatic rings. The number of rotatable bonds is 2. The molecular weight excluding hydrogens is 324 g/mol. The molecule has 2 aromatic heterocycles. The third-order valence-corrected chi connectivity index (χ3v) is 3.41. The lowest BCUT2D eigenvalue weighted by molar-refractivity contribution is -0.122. The van der Waals surface area contributed by atoms with E-state index < -0.39 is 5.91 Å². The molecule has 0 saturated heterocycles. The summed E-state index contributed by atoms with van der Waals surface area (Å²) < 4.78 is 1.95. The Balaban J connectivity index is 0.000000595. The van der Waals surface area contributed by atoms with E-state index in [0.29, 0.717) is 29.6 Å². The van der Waals surface area contributed by atoms with Crippen LogP contribution in [0.15, 0.2) is 18.6 Å². The van der Waals surface area contributed by atoms with Gasteiger partial charge >= 0.3 is 0 Å². The minimum atomic E-state index is -0.497. The quantitative estimate of drug-likeness (QED) is 0.748. The van der Waals surface area contributed by atoms with Crippen LogP contribution >= 0.6 is 11.6 Å². The summed E-state index contributed by atoms with van der Waals surface area (Å²) in [6.07, 6.45) is 5.57. The Morgan fingerprint density at radius 3 is 2.57 bits per heavy atom. The fraction of sp³-hybridized carbons (Fsp3) is 0.308. The molecule has 23 heavy (non-hydrogen) atoms. The Morgan fingerprint density at radius 1 is 1.30 bits per heavy atom. The van der Waals surface area contributed by atoms with Gasteiger partial charge in [0.2, 0.25) is 5.95 Å². The van der Waals surface area contributed by atoms with Crippen LogP contribution in [0.3, 0.4) is 0 Å². The van der Waals surface area contributed by atoms with Crippen molar-refractivity contribution in [2.24, 2.45) is 5.73 Å². The summed E-state index contributed by atoms with van der Waals surface area (Å²) in [5.41, 5.74) is 5.56. The number of halogens is 1. The van der Waals surface area contributed by atoms with E-state index in [0.717, 1.165) is 18.9 Å². The van der Waals surface area contributed by atoms with Crippen molar-refractivity contribution in [2.75, 3.05) is 18.0 Å². The number of carboxylic acid groups (broad SMARTS) is 1. The summed E-state index contributed by atoms with van der Waals surface area (Å²) in [5, 5.41) is 7.41. The number of hydrogen-bond acceptors (Lipinski definition) is 6. The molecular formula is C13H15ClN6O3. The number of carbonyl (C=O) groups is 2. The zero-order valence-corrected chi connectivity index (χ0v) is 12.8. The van der Waals surface area contributed by atoms with E-state index >= 15 is 0 Å². The lowest BCUT2D eigenvalue weighted by atomic mass is 10.4. The van der Waals surface area contributed by atoms with Gasteiger partial charge in [-0.1, -0.05) is 11.6 Å². The van der Waals surface area contributed by atoms with Crippen LogP contribution in [0, 0.1) is 0 Å². The third-order valence-electron chi connectivity index (χ3n) is 3.22. The van der Waals surface area contributed by atoms with Crippen molar-refractivity contribution in [3.8, 4) is 0 Å². The molecule has 0 spiro atoms. The molecule has 1 amide bonds. The van der Waals surface area contributed by atoms with Gasteiger partial charge in [-0.25, -0.2) is 15.0 Å². The summed E-state index contributed by atoms with van der Waals surface area (Å²) in [7, 11) is 0. The number of primary amides is 1. The predicted octanol–water partition coefficient (Wildman–Crippen LogP) is 0.189. The van der Waals surface area contributed by atoms with Crippen molar-refractivity contribution in [3.63, 3.8) is 0 Å². The number of hydrogen-bond donors (Lipinski definition) is 2. The first-order chi connectivity index (χ1) is 11.0. The largest absolute Gasteiger partial charge is 0.483 e. The van der Waals surface area contributed by atoms with Crippen molar-refractivity contribution in [2.45, 2.75) is 13.0 Å². The number of amides is 1. The molecule has 122 valence electrons. The first kappa shape index (κ1) is 16.7. The smallest absolute Gasteiger partial charge is 0.290 e. The summed E-state index contributed by atoms with van der Waals surface area (Å²) in [5.74, 6) is 1.01. The van der Waals surface area contributed by atoms with E-state index in [1.54, 1.807) is 18.6 Å². The molecule has 0 aromatic carbocycles. The lowest BCUT2D eigenvalue weighted by Crippen LogP contribution is -2.28. The van der Waals surface area contributed by atoms with Gasteiger partial charge < -0.3 is 20.3 Å². The van der Waals surface area contributed by atoms with Crippen LogP contribution in [0.5, 0.6) is 0 Å². The number of nitrogens with zero attached hydrogens (tertiary/aromatic N) is 5. The maximum atomic E-state index is 11.1. The number of carbonyl (C=O) groups excluding carboxylic acids is 1. The molecule has 0 bridgehead atoms. The van der Waals surface area contributed by atoms with Crippen LogP contribution < -0.4 is 10.6 Å². The normalized spacial score (nSPS) is 13.3. The van der Waals surface area contributed by atoms with Gasteiger partial charge in [0.15, 0.2) is 0 Å². The Morgan fingerprint density at radius 2 is 1.96 bits per heavy atom. The fourth-order valence-electron chi connectivity index (χ4n) is 2.21. The van der Waals surface area contributed by atoms with E-state index in [2.05, 4.69) is 19.9 Å². The number of aromatic nitrogens is 4. The van der Waals surface area contributed by atoms with Gasteiger partial charge in [-0.2, -0.15) is 0 Å². The van der Waals surface area contributed by atoms with Gasteiger partial charge in [-0.15, -0.1) is 0 Å². The molecule has 3 heterocycles. The van der Waals surface area contributed by atoms with Crippen molar-refractivity contribution < 1.29 is 14.7 Å². The zero-order chi connectivity index (χ0) is 16.8. The van der Waals surface area contributed by atoms with E-state index in [1.165, 1.54) is 0 Å². The molecule has 0 fully saturated rings. The molecule has 10 heteroatoms. The zero-order valence-electron chi connectivity index (χ0n) is 12.1. The molecule has 2 aromatic rings. The standard InChI is InChI=1S/C12H13ClN6O.CH2O2/c13-8-5-15-12(16-6-8)18-2-1-10-17-9(11(14)20)7-19(10)4-3-18;2-1-3/h5-7H,1-4H2,(H2,14,20);1H,(H,2,3). The molecule has 1 aliphatic heterocycles. The van der Waals surface area contributed by atoms with Crippen LogP contribution in [0.1, 0.15) is 16.3 Å². The Kier molecular flexibility index (Phi) is 5.47. The minimum Gasteiger partial charge on any atom is -0.483 e. The Bertz CT molecular complexity index is 662. The Labute approximate surface area is 136 Å². The monoisotopic (exact) mass is 338 g/mol. The van der Waals surface area contributed by atoms with Crippen molar-refractivity contribution in [1.29, 1.82) is 0 Å². The topological polar surface area (TPSA) is 127 Å². The maximum Gasteiger partial charge on any atom is 0.290 e. The van der Waals surface area contributed by atoms with E-state index in [9.17, 15) is 4.79 Å². The molecule has 0 radical (unpaired) electrons. The second-order valence-electron chi connectivity index (χ2n) is 4.64. The number of imidazole rings is 1. The molecule has 0 unspecified atom stereocenters. The van der Waals surface area contributed by atoms with Gasteiger partial charge in [0.05, 0.1) is 17.4 Å². The summed E-state index contributed by atoms with van der Waals surface area (Å²) >= 11 is 5.78. The fourth-order valence-corrected chi connectivity index (χ4v) is 2.31. The van der Waals surface area contributed by atoms with Gasteiger partial charge in [-0.05, 0) is 0 Å². The molecule has 3 N–H and O–H groups in total. The van der Waals surface area contributed by atoms with E-state index in [4.69, 9.17) is 27.2 Å². The molecule has 0 saturated carbocycles. The van der Waals surface area contributed by atoms with Crippen molar-refractivity contribution in [1.82, 2.24) is 19.5 Å². The first-order valence-electron chi connectivity index (χ1n) is 6.71. The first-order valence-corrected chi connectivity index (χ1v) is 7.09.